The number of amides is 2. The van der Waals surface area contributed by atoms with E-state index in [1.807, 2.05) is 44.2 Å². The van der Waals surface area contributed by atoms with Crippen molar-refractivity contribution in [3.63, 3.8) is 0 Å². The number of benzene rings is 1. The monoisotopic (exact) mass is 432 g/mol. The fourth-order valence-electron chi connectivity index (χ4n) is 4.04. The first-order valence-corrected chi connectivity index (χ1v) is 10.8. The number of hydrogen-bond donors (Lipinski definition) is 4. The molecule has 2 amide bonds. The van der Waals surface area contributed by atoms with Crippen molar-refractivity contribution in [3.8, 4) is 0 Å². The number of carboxylic acid groups (broad SMARTS) is 2. The standard InChI is InChI=1S/C23H32N2O6/c1-14(2)12-19(23(30)31)25-21(27)18(13-15-8-4-3-5-9-15)24-20(26)16-10-6-7-11-17(16)22(28)29/h3-5,8-9,14,16-19H,6-7,10-13H2,1-2H3,(H,24,26)(H,25,27)(H,28,29)(H,30,31)/t16-,17-,18-,19-/m1/s1. The Kier molecular flexibility index (Phi) is 9.03. The molecular formula is C23H32N2O6. The van der Waals surface area contributed by atoms with Crippen LogP contribution in [-0.4, -0.2) is 46.0 Å². The van der Waals surface area contributed by atoms with E-state index >= 15 is 0 Å². The molecule has 31 heavy (non-hydrogen) atoms. The second kappa shape index (κ2) is 11.5. The lowest BCUT2D eigenvalue weighted by atomic mass is 9.78. The van der Waals surface area contributed by atoms with Crippen LogP contribution in [0.5, 0.6) is 0 Å². The van der Waals surface area contributed by atoms with Gasteiger partial charge in [-0.2, -0.15) is 0 Å². The predicted molar refractivity (Wildman–Crippen MR) is 114 cm³/mol. The molecule has 0 bridgehead atoms. The Morgan fingerprint density at radius 2 is 1.55 bits per heavy atom. The molecule has 1 fully saturated rings. The summed E-state index contributed by atoms with van der Waals surface area (Å²) in [7, 11) is 0. The molecule has 2 rings (SSSR count). The fraction of sp³-hybridized carbons (Fsp3) is 0.565. The van der Waals surface area contributed by atoms with Crippen LogP contribution in [0.2, 0.25) is 0 Å². The molecule has 0 aliphatic heterocycles. The zero-order valence-electron chi connectivity index (χ0n) is 18.0. The first-order chi connectivity index (χ1) is 14.7. The summed E-state index contributed by atoms with van der Waals surface area (Å²) < 4.78 is 0. The van der Waals surface area contributed by atoms with E-state index in [4.69, 9.17) is 0 Å². The molecule has 0 unspecified atom stereocenters. The maximum Gasteiger partial charge on any atom is 0.326 e. The minimum Gasteiger partial charge on any atom is -0.481 e. The topological polar surface area (TPSA) is 133 Å². The molecular weight excluding hydrogens is 400 g/mol. The number of carbonyl (C=O) groups is 4. The second-order valence-corrected chi connectivity index (χ2v) is 8.62. The zero-order valence-corrected chi connectivity index (χ0v) is 18.0. The van der Waals surface area contributed by atoms with Crippen molar-refractivity contribution >= 4 is 23.8 Å². The van der Waals surface area contributed by atoms with Gasteiger partial charge in [0.2, 0.25) is 11.8 Å². The van der Waals surface area contributed by atoms with Gasteiger partial charge in [-0.05, 0) is 30.7 Å². The van der Waals surface area contributed by atoms with Crippen molar-refractivity contribution in [2.24, 2.45) is 17.8 Å². The number of rotatable bonds is 10. The van der Waals surface area contributed by atoms with E-state index in [0.29, 0.717) is 12.8 Å². The van der Waals surface area contributed by atoms with Gasteiger partial charge in [0.1, 0.15) is 12.1 Å². The highest BCUT2D eigenvalue weighted by atomic mass is 16.4. The van der Waals surface area contributed by atoms with Crippen LogP contribution in [-0.2, 0) is 25.6 Å². The van der Waals surface area contributed by atoms with Gasteiger partial charge in [-0.25, -0.2) is 4.79 Å². The third kappa shape index (κ3) is 7.38. The minimum atomic E-state index is -1.13. The molecule has 0 heterocycles. The van der Waals surface area contributed by atoms with E-state index in [1.165, 1.54) is 0 Å². The van der Waals surface area contributed by atoms with Gasteiger partial charge < -0.3 is 20.8 Å². The average Bonchev–Trinajstić information content (AvgIpc) is 2.73. The van der Waals surface area contributed by atoms with E-state index in [2.05, 4.69) is 10.6 Å². The first kappa shape index (κ1) is 24.4. The molecule has 8 nitrogen and oxygen atoms in total. The van der Waals surface area contributed by atoms with Gasteiger partial charge in [0.05, 0.1) is 11.8 Å². The fourth-order valence-corrected chi connectivity index (χ4v) is 4.04. The SMILES string of the molecule is CC(C)C[C@@H](NC(=O)[C@@H](Cc1ccccc1)NC(=O)[C@@H]1CCCC[C@H]1C(=O)O)C(=O)O. The Hall–Kier alpha value is -2.90. The molecule has 0 aromatic heterocycles. The number of aliphatic carboxylic acids is 2. The molecule has 1 aliphatic carbocycles. The van der Waals surface area contributed by atoms with Gasteiger partial charge >= 0.3 is 11.9 Å². The average molecular weight is 433 g/mol. The number of carbonyl (C=O) groups excluding carboxylic acids is 2. The van der Waals surface area contributed by atoms with Gasteiger partial charge in [0.25, 0.3) is 0 Å². The van der Waals surface area contributed by atoms with Gasteiger partial charge in [-0.3, -0.25) is 14.4 Å². The lowest BCUT2D eigenvalue weighted by Gasteiger charge is -2.29. The first-order valence-electron chi connectivity index (χ1n) is 10.8. The predicted octanol–water partition coefficient (Wildman–Crippen LogP) is 2.22. The Morgan fingerprint density at radius 1 is 0.935 bits per heavy atom. The molecule has 1 saturated carbocycles. The van der Waals surface area contributed by atoms with Gasteiger partial charge in [0, 0.05) is 6.42 Å². The van der Waals surface area contributed by atoms with Crippen LogP contribution in [0.4, 0.5) is 0 Å². The summed E-state index contributed by atoms with van der Waals surface area (Å²) in [6.45, 7) is 3.72. The second-order valence-electron chi connectivity index (χ2n) is 8.62. The van der Waals surface area contributed by atoms with E-state index in [9.17, 15) is 29.4 Å². The summed E-state index contributed by atoms with van der Waals surface area (Å²) in [4.78, 5) is 49.1. The molecule has 4 atom stereocenters. The maximum atomic E-state index is 13.0. The Balaban J connectivity index is 2.19. The number of carboxylic acids is 2. The normalized spacial score (nSPS) is 20.5. The van der Waals surface area contributed by atoms with Crippen molar-refractivity contribution < 1.29 is 29.4 Å². The van der Waals surface area contributed by atoms with Crippen molar-refractivity contribution in [1.82, 2.24) is 10.6 Å². The van der Waals surface area contributed by atoms with Crippen molar-refractivity contribution in [2.75, 3.05) is 0 Å². The Morgan fingerprint density at radius 3 is 2.10 bits per heavy atom. The lowest BCUT2D eigenvalue weighted by molar-refractivity contribution is -0.149. The van der Waals surface area contributed by atoms with Crippen LogP contribution >= 0.6 is 0 Å². The highest BCUT2D eigenvalue weighted by molar-refractivity contribution is 5.92. The molecule has 0 spiro atoms. The summed E-state index contributed by atoms with van der Waals surface area (Å²) in [5.74, 6) is -4.63. The van der Waals surface area contributed by atoms with Gasteiger partial charge in [-0.15, -0.1) is 0 Å². The van der Waals surface area contributed by atoms with Crippen molar-refractivity contribution in [1.29, 1.82) is 0 Å². The summed E-state index contributed by atoms with van der Waals surface area (Å²) in [6.07, 6.45) is 2.83. The van der Waals surface area contributed by atoms with Crippen LogP contribution in [0, 0.1) is 17.8 Å². The molecule has 170 valence electrons. The highest BCUT2D eigenvalue weighted by Gasteiger charge is 2.37. The van der Waals surface area contributed by atoms with E-state index in [0.717, 1.165) is 18.4 Å². The molecule has 8 heteroatoms. The van der Waals surface area contributed by atoms with Crippen molar-refractivity contribution in [2.45, 2.75) is 64.5 Å². The molecule has 1 aliphatic rings. The molecule has 0 saturated heterocycles. The van der Waals surface area contributed by atoms with Crippen LogP contribution in [0.15, 0.2) is 30.3 Å². The molecule has 1 aromatic carbocycles. The van der Waals surface area contributed by atoms with Crippen LogP contribution in [0.3, 0.4) is 0 Å². The summed E-state index contributed by atoms with van der Waals surface area (Å²) >= 11 is 0. The highest BCUT2D eigenvalue weighted by Crippen LogP contribution is 2.30. The molecule has 4 N–H and O–H groups in total. The third-order valence-corrected chi connectivity index (χ3v) is 5.66. The Bertz CT molecular complexity index is 780. The molecule has 1 aromatic rings. The van der Waals surface area contributed by atoms with Crippen molar-refractivity contribution in [3.05, 3.63) is 35.9 Å². The maximum absolute atomic E-state index is 13.0. The lowest BCUT2D eigenvalue weighted by Crippen LogP contribution is -2.54. The largest absolute Gasteiger partial charge is 0.481 e. The third-order valence-electron chi connectivity index (χ3n) is 5.66. The van der Waals surface area contributed by atoms with E-state index < -0.39 is 47.7 Å². The minimum absolute atomic E-state index is 0.0575. The number of nitrogens with one attached hydrogen (secondary N) is 2. The van der Waals surface area contributed by atoms with Crippen LogP contribution < -0.4 is 10.6 Å². The molecule has 0 radical (unpaired) electrons. The zero-order chi connectivity index (χ0) is 23.0. The summed E-state index contributed by atoms with van der Waals surface area (Å²) in [6, 6.07) is 7.02. The van der Waals surface area contributed by atoms with Crippen LogP contribution in [0.1, 0.15) is 51.5 Å². The smallest absolute Gasteiger partial charge is 0.326 e. The summed E-state index contributed by atoms with van der Waals surface area (Å²) in [5, 5.41) is 24.2. The van der Waals surface area contributed by atoms with Gasteiger partial charge in [-0.1, -0.05) is 57.0 Å². The quantitative estimate of drug-likeness (QED) is 0.448. The van der Waals surface area contributed by atoms with Gasteiger partial charge in [0.15, 0.2) is 0 Å². The van der Waals surface area contributed by atoms with E-state index in [1.54, 1.807) is 0 Å². The van der Waals surface area contributed by atoms with E-state index in [-0.39, 0.29) is 18.8 Å². The summed E-state index contributed by atoms with van der Waals surface area (Å²) in [5.41, 5.74) is 0.803. The number of hydrogen-bond acceptors (Lipinski definition) is 4. The van der Waals surface area contributed by atoms with Crippen LogP contribution in [0.25, 0.3) is 0 Å². The Labute approximate surface area is 182 Å².